The Labute approximate surface area is 133 Å². The molecule has 0 radical (unpaired) electrons. The van der Waals surface area contributed by atoms with E-state index in [4.69, 9.17) is 4.74 Å². The second-order valence-electron chi connectivity index (χ2n) is 5.48. The summed E-state index contributed by atoms with van der Waals surface area (Å²) in [4.78, 5) is 0. The van der Waals surface area contributed by atoms with Crippen LogP contribution in [0, 0.1) is 11.6 Å². The Morgan fingerprint density at radius 3 is 2.90 bits per heavy atom. The number of benzene rings is 1. The van der Waals surface area contributed by atoms with Crippen LogP contribution in [0.3, 0.4) is 0 Å². The summed E-state index contributed by atoms with van der Waals surface area (Å²) in [7, 11) is 0. The maximum absolute atomic E-state index is 14.3. The summed E-state index contributed by atoms with van der Waals surface area (Å²) in [5.41, 5.74) is 0.135. The highest BCUT2D eigenvalue weighted by Crippen LogP contribution is 2.30. The molecule has 118 valence electrons. The van der Waals surface area contributed by atoms with Crippen molar-refractivity contribution in [2.45, 2.75) is 51.2 Å². The van der Waals surface area contributed by atoms with Gasteiger partial charge in [-0.25, -0.2) is 8.78 Å². The van der Waals surface area contributed by atoms with Crippen molar-refractivity contribution in [1.82, 2.24) is 5.32 Å². The monoisotopic (exact) mass is 361 g/mol. The molecule has 1 N–H and O–H groups in total. The number of halogens is 3. The molecule has 0 amide bonds. The first-order chi connectivity index (χ1) is 10.1. The average Bonchev–Trinajstić information content (AvgIpc) is 2.98. The van der Waals surface area contributed by atoms with Gasteiger partial charge in [0.25, 0.3) is 0 Å². The molecule has 2 atom stereocenters. The zero-order valence-corrected chi connectivity index (χ0v) is 13.9. The van der Waals surface area contributed by atoms with Gasteiger partial charge in [0.15, 0.2) is 0 Å². The van der Waals surface area contributed by atoms with Crippen molar-refractivity contribution in [2.24, 2.45) is 0 Å². The Bertz CT molecular complexity index is 464. The van der Waals surface area contributed by atoms with Gasteiger partial charge in [-0.15, -0.1) is 0 Å². The predicted molar refractivity (Wildman–Crippen MR) is 83.3 cm³/mol. The van der Waals surface area contributed by atoms with Gasteiger partial charge < -0.3 is 10.1 Å². The fourth-order valence-corrected chi connectivity index (χ4v) is 3.10. The topological polar surface area (TPSA) is 21.3 Å². The molecule has 0 saturated carbocycles. The van der Waals surface area contributed by atoms with Gasteiger partial charge in [-0.3, -0.25) is 0 Å². The summed E-state index contributed by atoms with van der Waals surface area (Å²) in [5.74, 6) is -0.993. The van der Waals surface area contributed by atoms with E-state index in [0.717, 1.165) is 38.8 Å². The lowest BCUT2D eigenvalue weighted by Gasteiger charge is -2.22. The molecule has 0 bridgehead atoms. The summed E-state index contributed by atoms with van der Waals surface area (Å²) in [6, 6.07) is 2.41. The Hall–Kier alpha value is -0.520. The minimum atomic E-state index is -0.504. The van der Waals surface area contributed by atoms with Gasteiger partial charge in [-0.2, -0.15) is 0 Å². The van der Waals surface area contributed by atoms with Crippen LogP contribution in [0.15, 0.2) is 16.6 Å². The van der Waals surface area contributed by atoms with E-state index in [-0.39, 0.29) is 17.7 Å². The number of rotatable bonds is 7. The van der Waals surface area contributed by atoms with Gasteiger partial charge in [0.1, 0.15) is 11.6 Å². The highest BCUT2D eigenvalue weighted by Gasteiger charge is 2.24. The largest absolute Gasteiger partial charge is 0.378 e. The molecule has 1 heterocycles. The number of hydrogen-bond donors (Lipinski definition) is 1. The lowest BCUT2D eigenvalue weighted by molar-refractivity contribution is 0.0993. The van der Waals surface area contributed by atoms with Crippen LogP contribution >= 0.6 is 15.9 Å². The minimum Gasteiger partial charge on any atom is -0.378 e. The summed E-state index contributed by atoms with van der Waals surface area (Å²) >= 11 is 3.14. The first-order valence-corrected chi connectivity index (χ1v) is 8.41. The fraction of sp³-hybridized carbons (Fsp3) is 0.625. The average molecular weight is 362 g/mol. The van der Waals surface area contributed by atoms with Crippen LogP contribution in [-0.4, -0.2) is 19.3 Å². The molecule has 5 heteroatoms. The van der Waals surface area contributed by atoms with Crippen LogP contribution in [0.25, 0.3) is 0 Å². The van der Waals surface area contributed by atoms with Crippen LogP contribution in [-0.2, 0) is 4.74 Å². The molecule has 1 fully saturated rings. The Kier molecular flexibility index (Phi) is 6.58. The van der Waals surface area contributed by atoms with E-state index in [9.17, 15) is 8.78 Å². The lowest BCUT2D eigenvalue weighted by Crippen LogP contribution is -2.25. The van der Waals surface area contributed by atoms with Crippen molar-refractivity contribution in [2.75, 3.05) is 13.2 Å². The van der Waals surface area contributed by atoms with E-state index < -0.39 is 11.6 Å². The van der Waals surface area contributed by atoms with E-state index in [1.165, 1.54) is 12.1 Å². The van der Waals surface area contributed by atoms with Crippen LogP contribution in [0.2, 0.25) is 0 Å². The van der Waals surface area contributed by atoms with Crippen molar-refractivity contribution in [3.8, 4) is 0 Å². The molecule has 0 spiro atoms. The molecule has 1 aromatic carbocycles. The second kappa shape index (κ2) is 8.20. The molecule has 0 aromatic heterocycles. The summed E-state index contributed by atoms with van der Waals surface area (Å²) < 4.78 is 34.3. The van der Waals surface area contributed by atoms with Crippen LogP contribution in [0.4, 0.5) is 8.78 Å². The molecule has 0 aliphatic carbocycles. The van der Waals surface area contributed by atoms with Crippen LogP contribution in [0.1, 0.15) is 50.6 Å². The Balaban J connectivity index is 2.12. The fourth-order valence-electron chi connectivity index (χ4n) is 2.75. The lowest BCUT2D eigenvalue weighted by atomic mass is 9.98. The maximum atomic E-state index is 14.3. The molecular weight excluding hydrogens is 340 g/mol. The van der Waals surface area contributed by atoms with Crippen molar-refractivity contribution in [3.63, 3.8) is 0 Å². The molecule has 2 rings (SSSR count). The van der Waals surface area contributed by atoms with Gasteiger partial charge in [0.05, 0.1) is 10.6 Å². The van der Waals surface area contributed by atoms with E-state index in [0.29, 0.717) is 10.9 Å². The molecule has 2 unspecified atom stereocenters. The first-order valence-electron chi connectivity index (χ1n) is 7.61. The third-order valence-electron chi connectivity index (χ3n) is 3.87. The molecular formula is C16H22BrF2NO. The van der Waals surface area contributed by atoms with Crippen molar-refractivity contribution in [1.29, 1.82) is 0 Å². The third kappa shape index (κ3) is 4.47. The Morgan fingerprint density at radius 1 is 1.43 bits per heavy atom. The van der Waals surface area contributed by atoms with Gasteiger partial charge in [-0.1, -0.05) is 6.92 Å². The number of nitrogens with one attached hydrogen (secondary N) is 1. The smallest absolute Gasteiger partial charge is 0.145 e. The van der Waals surface area contributed by atoms with E-state index in [1.807, 2.05) is 6.92 Å². The number of hydrogen-bond acceptors (Lipinski definition) is 2. The highest BCUT2D eigenvalue weighted by molar-refractivity contribution is 9.10. The standard InChI is InChI=1S/C16H22BrF2NO/c1-2-9-20-14(8-5-11-4-3-10-21-11)15-13(18)7-6-12(17)16(15)19/h6-7,11,14,20H,2-5,8-10H2,1H3. The molecule has 1 aliphatic heterocycles. The van der Waals surface area contributed by atoms with Gasteiger partial charge >= 0.3 is 0 Å². The quantitative estimate of drug-likeness (QED) is 0.709. The summed E-state index contributed by atoms with van der Waals surface area (Å²) in [6.45, 7) is 3.58. The molecule has 1 saturated heterocycles. The van der Waals surface area contributed by atoms with Crippen LogP contribution in [0.5, 0.6) is 0 Å². The normalized spacial score (nSPS) is 19.9. The van der Waals surface area contributed by atoms with E-state index in [1.54, 1.807) is 0 Å². The van der Waals surface area contributed by atoms with Crippen molar-refractivity contribution in [3.05, 3.63) is 33.8 Å². The van der Waals surface area contributed by atoms with Gasteiger partial charge in [0, 0.05) is 18.2 Å². The van der Waals surface area contributed by atoms with E-state index in [2.05, 4.69) is 21.2 Å². The minimum absolute atomic E-state index is 0.135. The molecule has 2 nitrogen and oxygen atoms in total. The zero-order chi connectivity index (χ0) is 15.2. The predicted octanol–water partition coefficient (Wildman–Crippen LogP) is 4.73. The Morgan fingerprint density at radius 2 is 2.24 bits per heavy atom. The summed E-state index contributed by atoms with van der Waals surface area (Å²) in [6.07, 6.45) is 4.78. The molecule has 1 aromatic rings. The molecule has 21 heavy (non-hydrogen) atoms. The zero-order valence-electron chi connectivity index (χ0n) is 12.3. The maximum Gasteiger partial charge on any atom is 0.145 e. The summed E-state index contributed by atoms with van der Waals surface area (Å²) in [5, 5.41) is 3.26. The SMILES string of the molecule is CCCNC(CCC1CCCO1)c1c(F)ccc(Br)c1F. The first kappa shape index (κ1) is 16.8. The second-order valence-corrected chi connectivity index (χ2v) is 6.33. The van der Waals surface area contributed by atoms with Crippen molar-refractivity contribution >= 4 is 15.9 Å². The van der Waals surface area contributed by atoms with Gasteiger partial charge in [0.2, 0.25) is 0 Å². The number of ether oxygens (including phenoxy) is 1. The third-order valence-corrected chi connectivity index (χ3v) is 4.48. The highest BCUT2D eigenvalue weighted by atomic mass is 79.9. The molecule has 1 aliphatic rings. The van der Waals surface area contributed by atoms with Crippen LogP contribution < -0.4 is 5.32 Å². The van der Waals surface area contributed by atoms with Crippen molar-refractivity contribution < 1.29 is 13.5 Å². The van der Waals surface area contributed by atoms with E-state index >= 15 is 0 Å². The van der Waals surface area contributed by atoms with Gasteiger partial charge in [-0.05, 0) is 66.7 Å².